The van der Waals surface area contributed by atoms with Gasteiger partial charge in [0.1, 0.15) is 12.4 Å². The van der Waals surface area contributed by atoms with Crippen molar-refractivity contribution in [3.8, 4) is 5.75 Å². The van der Waals surface area contributed by atoms with Gasteiger partial charge in [-0.1, -0.05) is 18.2 Å². The first-order valence-corrected chi connectivity index (χ1v) is 6.18. The number of benzene rings is 1. The molecule has 0 fully saturated rings. The van der Waals surface area contributed by atoms with Gasteiger partial charge < -0.3 is 15.4 Å². The van der Waals surface area contributed by atoms with Crippen molar-refractivity contribution in [1.29, 1.82) is 0 Å². The fourth-order valence-corrected chi connectivity index (χ4v) is 1.57. The third kappa shape index (κ3) is 4.75. The van der Waals surface area contributed by atoms with E-state index in [1.165, 1.54) is 0 Å². The molecule has 0 aliphatic rings. The van der Waals surface area contributed by atoms with Crippen LogP contribution in [-0.4, -0.2) is 37.0 Å². The van der Waals surface area contributed by atoms with Crippen LogP contribution < -0.4 is 10.5 Å². The van der Waals surface area contributed by atoms with Crippen molar-refractivity contribution in [2.24, 2.45) is 5.73 Å². The Morgan fingerprint density at radius 1 is 1.44 bits per heavy atom. The molecule has 0 aliphatic carbocycles. The number of carbonyl (C=O) groups excluding carboxylic acids is 1. The van der Waals surface area contributed by atoms with Gasteiger partial charge in [-0.25, -0.2) is 0 Å². The van der Waals surface area contributed by atoms with E-state index in [9.17, 15) is 4.79 Å². The Kier molecular flexibility index (Phi) is 5.65. The minimum atomic E-state index is -0.0998. The molecule has 0 spiro atoms. The number of para-hydroxylation sites is 1. The van der Waals surface area contributed by atoms with Gasteiger partial charge in [0, 0.05) is 19.5 Å². The van der Waals surface area contributed by atoms with Crippen LogP contribution in [0, 0.1) is 6.92 Å². The van der Waals surface area contributed by atoms with Crippen molar-refractivity contribution in [3.63, 3.8) is 0 Å². The summed E-state index contributed by atoms with van der Waals surface area (Å²) in [7, 11) is 1.77. The van der Waals surface area contributed by atoms with Crippen LogP contribution in [0.25, 0.3) is 0 Å². The van der Waals surface area contributed by atoms with Gasteiger partial charge in [0.2, 0.25) is 5.91 Å². The number of likely N-dealkylation sites (N-methyl/N-ethyl adjacent to an activating group) is 1. The third-order valence-corrected chi connectivity index (χ3v) is 2.70. The number of carbonyl (C=O) groups is 1. The maximum atomic E-state index is 11.7. The minimum Gasteiger partial charge on any atom is -0.491 e. The van der Waals surface area contributed by atoms with Gasteiger partial charge in [0.05, 0.1) is 6.54 Å². The summed E-state index contributed by atoms with van der Waals surface area (Å²) in [4.78, 5) is 13.3. The number of ether oxygens (including phenoxy) is 1. The molecule has 1 atom stereocenters. The monoisotopic (exact) mass is 250 g/mol. The van der Waals surface area contributed by atoms with Crippen LogP contribution in [0.4, 0.5) is 0 Å². The Bertz CT molecular complexity index is 391. The fourth-order valence-electron chi connectivity index (χ4n) is 1.57. The molecule has 0 saturated carbocycles. The smallest absolute Gasteiger partial charge is 0.223 e. The second-order valence-electron chi connectivity index (χ2n) is 4.61. The summed E-state index contributed by atoms with van der Waals surface area (Å²) in [5.41, 5.74) is 6.69. The van der Waals surface area contributed by atoms with E-state index in [-0.39, 0.29) is 11.9 Å². The topological polar surface area (TPSA) is 55.6 Å². The zero-order valence-electron chi connectivity index (χ0n) is 11.3. The molecule has 1 rings (SSSR count). The average molecular weight is 250 g/mol. The van der Waals surface area contributed by atoms with Crippen molar-refractivity contribution in [3.05, 3.63) is 29.8 Å². The number of nitrogens with two attached hydrogens (primary N) is 1. The minimum absolute atomic E-state index is 0.0541. The van der Waals surface area contributed by atoms with Crippen LogP contribution in [0.2, 0.25) is 0 Å². The molecule has 0 saturated heterocycles. The molecular weight excluding hydrogens is 228 g/mol. The Labute approximate surface area is 109 Å². The molecule has 2 N–H and O–H groups in total. The van der Waals surface area contributed by atoms with Crippen LogP contribution in [0.15, 0.2) is 24.3 Å². The van der Waals surface area contributed by atoms with Gasteiger partial charge in [-0.15, -0.1) is 0 Å². The molecule has 100 valence electrons. The molecule has 4 nitrogen and oxygen atoms in total. The molecule has 0 bridgehead atoms. The highest BCUT2D eigenvalue weighted by atomic mass is 16.5. The summed E-state index contributed by atoms with van der Waals surface area (Å²) in [6, 6.07) is 7.74. The lowest BCUT2D eigenvalue weighted by Crippen LogP contribution is -2.34. The molecule has 0 aromatic heterocycles. The van der Waals surface area contributed by atoms with Crippen LogP contribution >= 0.6 is 0 Å². The standard InChI is InChI=1S/C14H22N2O2/c1-11-6-4-5-7-13(11)18-9-8-16(3)14(17)10-12(2)15/h4-7,12H,8-10,15H2,1-3H3. The van der Waals surface area contributed by atoms with Gasteiger partial charge in [-0.05, 0) is 25.5 Å². The fraction of sp³-hybridized carbons (Fsp3) is 0.500. The van der Waals surface area contributed by atoms with Crippen LogP contribution in [0.5, 0.6) is 5.75 Å². The second kappa shape index (κ2) is 7.01. The van der Waals surface area contributed by atoms with Gasteiger partial charge in [-0.3, -0.25) is 4.79 Å². The highest BCUT2D eigenvalue weighted by Gasteiger charge is 2.10. The molecule has 0 radical (unpaired) electrons. The van der Waals surface area contributed by atoms with Crippen molar-refractivity contribution < 1.29 is 9.53 Å². The first-order chi connectivity index (χ1) is 8.50. The Balaban J connectivity index is 2.34. The van der Waals surface area contributed by atoms with E-state index in [1.54, 1.807) is 11.9 Å². The van der Waals surface area contributed by atoms with Gasteiger partial charge in [0.15, 0.2) is 0 Å². The Hall–Kier alpha value is -1.55. The number of nitrogens with zero attached hydrogens (tertiary/aromatic N) is 1. The second-order valence-corrected chi connectivity index (χ2v) is 4.61. The van der Waals surface area contributed by atoms with Crippen molar-refractivity contribution >= 4 is 5.91 Å². The zero-order valence-corrected chi connectivity index (χ0v) is 11.3. The van der Waals surface area contributed by atoms with Gasteiger partial charge in [0.25, 0.3) is 0 Å². The number of hydrogen-bond acceptors (Lipinski definition) is 3. The molecule has 1 amide bonds. The lowest BCUT2D eigenvalue weighted by Gasteiger charge is -2.19. The molecule has 1 unspecified atom stereocenters. The normalized spacial score (nSPS) is 12.0. The number of rotatable bonds is 6. The quantitative estimate of drug-likeness (QED) is 0.833. The number of aryl methyl sites for hydroxylation is 1. The molecule has 4 heteroatoms. The van der Waals surface area contributed by atoms with Gasteiger partial charge in [-0.2, -0.15) is 0 Å². The Morgan fingerprint density at radius 3 is 2.72 bits per heavy atom. The third-order valence-electron chi connectivity index (χ3n) is 2.70. The van der Waals surface area contributed by atoms with E-state index < -0.39 is 0 Å². The summed E-state index contributed by atoms with van der Waals surface area (Å²) >= 11 is 0. The van der Waals surface area contributed by atoms with E-state index in [1.807, 2.05) is 38.1 Å². The summed E-state index contributed by atoms with van der Waals surface area (Å²) in [5, 5.41) is 0. The summed E-state index contributed by atoms with van der Waals surface area (Å²) < 4.78 is 5.64. The summed E-state index contributed by atoms with van der Waals surface area (Å²) in [6.45, 7) is 4.89. The molecule has 1 aromatic carbocycles. The largest absolute Gasteiger partial charge is 0.491 e. The maximum Gasteiger partial charge on any atom is 0.223 e. The van der Waals surface area contributed by atoms with E-state index in [0.717, 1.165) is 11.3 Å². The lowest BCUT2D eigenvalue weighted by molar-refractivity contribution is -0.130. The first kappa shape index (κ1) is 14.5. The lowest BCUT2D eigenvalue weighted by atomic mass is 10.2. The van der Waals surface area contributed by atoms with Crippen LogP contribution in [-0.2, 0) is 4.79 Å². The Morgan fingerprint density at radius 2 is 2.11 bits per heavy atom. The van der Waals surface area contributed by atoms with Crippen molar-refractivity contribution in [1.82, 2.24) is 4.90 Å². The highest BCUT2D eigenvalue weighted by Crippen LogP contribution is 2.15. The summed E-state index contributed by atoms with van der Waals surface area (Å²) in [6.07, 6.45) is 0.376. The molecule has 0 heterocycles. The van der Waals surface area contributed by atoms with Crippen molar-refractivity contribution in [2.75, 3.05) is 20.2 Å². The SMILES string of the molecule is Cc1ccccc1OCCN(C)C(=O)CC(C)N. The summed E-state index contributed by atoms with van der Waals surface area (Å²) in [5.74, 6) is 0.920. The molecule has 0 aliphatic heterocycles. The molecule has 1 aromatic rings. The van der Waals surface area contributed by atoms with Gasteiger partial charge >= 0.3 is 0 Å². The highest BCUT2D eigenvalue weighted by molar-refractivity contribution is 5.76. The van der Waals surface area contributed by atoms with E-state index in [0.29, 0.717) is 19.6 Å². The average Bonchev–Trinajstić information content (AvgIpc) is 2.30. The van der Waals surface area contributed by atoms with E-state index >= 15 is 0 Å². The van der Waals surface area contributed by atoms with Crippen LogP contribution in [0.3, 0.4) is 0 Å². The van der Waals surface area contributed by atoms with E-state index in [2.05, 4.69) is 0 Å². The predicted molar refractivity (Wildman–Crippen MR) is 72.6 cm³/mol. The van der Waals surface area contributed by atoms with E-state index in [4.69, 9.17) is 10.5 Å². The zero-order chi connectivity index (χ0) is 13.5. The van der Waals surface area contributed by atoms with Crippen LogP contribution in [0.1, 0.15) is 18.9 Å². The molecule has 18 heavy (non-hydrogen) atoms. The first-order valence-electron chi connectivity index (χ1n) is 6.18. The molecular formula is C14H22N2O2. The number of hydrogen-bond donors (Lipinski definition) is 1. The number of amides is 1. The van der Waals surface area contributed by atoms with Crippen molar-refractivity contribution in [2.45, 2.75) is 26.3 Å². The maximum absolute atomic E-state index is 11.7. The predicted octanol–water partition coefficient (Wildman–Crippen LogP) is 1.57.